The number of hydrogen-bond donors (Lipinski definition) is 3. The molecule has 7 heteroatoms. The number of hydrogen-bond acceptors (Lipinski definition) is 7. The lowest BCUT2D eigenvalue weighted by Crippen LogP contribution is -2.40. The molecule has 4 rings (SSSR count). The van der Waals surface area contributed by atoms with Gasteiger partial charge in [0.15, 0.2) is 16.3 Å². The summed E-state index contributed by atoms with van der Waals surface area (Å²) in [6.07, 6.45) is -0.168. The lowest BCUT2D eigenvalue weighted by Gasteiger charge is -2.05. The maximum atomic E-state index is 13.4. The van der Waals surface area contributed by atoms with Crippen molar-refractivity contribution >= 4 is 11.5 Å². The van der Waals surface area contributed by atoms with Crippen molar-refractivity contribution in [2.75, 3.05) is 0 Å². The molecule has 0 heterocycles. The second-order valence-electron chi connectivity index (χ2n) is 7.00. The van der Waals surface area contributed by atoms with E-state index in [1.54, 1.807) is 6.92 Å². The van der Waals surface area contributed by atoms with Gasteiger partial charge in [0.25, 0.3) is 0 Å². The van der Waals surface area contributed by atoms with Gasteiger partial charge in [-0.1, -0.05) is 6.92 Å². The zero-order chi connectivity index (χ0) is 20.5. The zero-order valence-electron chi connectivity index (χ0n) is 15.2. The number of aryl methyl sites for hydroxylation is 1. The molecule has 0 aromatic heterocycles. The monoisotopic (exact) mass is 380 g/mol. The van der Waals surface area contributed by atoms with Gasteiger partial charge in [-0.3, -0.25) is 19.2 Å². The van der Waals surface area contributed by atoms with E-state index in [2.05, 4.69) is 0 Å². The van der Waals surface area contributed by atoms with E-state index in [1.165, 1.54) is 6.92 Å². The largest absolute Gasteiger partial charge is 0.512 e. The third-order valence-electron chi connectivity index (χ3n) is 5.45. The Morgan fingerprint density at radius 1 is 0.750 bits per heavy atom. The van der Waals surface area contributed by atoms with Gasteiger partial charge < -0.3 is 15.3 Å². The van der Waals surface area contributed by atoms with E-state index in [1.807, 2.05) is 0 Å². The highest BCUT2D eigenvalue weighted by atomic mass is 16.3. The molecule has 0 atom stereocenters. The molecule has 0 aliphatic heterocycles. The quantitative estimate of drug-likeness (QED) is 0.502. The van der Waals surface area contributed by atoms with Crippen LogP contribution in [-0.4, -0.2) is 15.3 Å². The Hall–Kier alpha value is -3.48. The Kier molecular flexibility index (Phi) is 3.68. The molecule has 0 saturated carbocycles. The van der Waals surface area contributed by atoms with Crippen molar-refractivity contribution in [3.8, 4) is 5.75 Å². The maximum absolute atomic E-state index is 13.4. The summed E-state index contributed by atoms with van der Waals surface area (Å²) in [5.41, 5.74) is -2.98. The lowest BCUT2D eigenvalue weighted by atomic mass is 9.98. The van der Waals surface area contributed by atoms with Crippen molar-refractivity contribution < 1.29 is 15.3 Å². The lowest BCUT2D eigenvalue weighted by molar-refractivity contribution is 0.448. The maximum Gasteiger partial charge on any atom is 0.202 e. The van der Waals surface area contributed by atoms with E-state index in [0.717, 1.165) is 6.07 Å². The SMILES string of the molecule is CCc1c(O)c2c(=O)c3c(=O)cc(C)/c4c=3c(=O)c=2/c(c1=O)=C(/O)CC\C=4O. The first-order valence-electron chi connectivity index (χ1n) is 8.83. The molecule has 142 valence electrons. The van der Waals surface area contributed by atoms with Gasteiger partial charge in [-0.25, -0.2) is 0 Å². The Labute approximate surface area is 155 Å². The van der Waals surface area contributed by atoms with E-state index >= 15 is 0 Å². The molecule has 0 amide bonds. The molecule has 4 aliphatic rings. The topological polar surface area (TPSA) is 129 Å². The summed E-state index contributed by atoms with van der Waals surface area (Å²) < 4.78 is 0. The van der Waals surface area contributed by atoms with Crippen LogP contribution in [0.1, 0.15) is 30.9 Å². The number of aliphatic hydroxyl groups excluding tert-OH is 2. The van der Waals surface area contributed by atoms with Gasteiger partial charge in [0, 0.05) is 28.8 Å². The van der Waals surface area contributed by atoms with Crippen molar-refractivity contribution in [3.05, 3.63) is 89.4 Å². The molecule has 0 spiro atoms. The minimum Gasteiger partial charge on any atom is -0.512 e. The molecule has 0 unspecified atom stereocenters. The number of aromatic hydroxyl groups is 1. The molecule has 0 radical (unpaired) electrons. The molecular weight excluding hydrogens is 364 g/mol. The smallest absolute Gasteiger partial charge is 0.202 e. The van der Waals surface area contributed by atoms with Crippen LogP contribution in [0.5, 0.6) is 5.75 Å². The van der Waals surface area contributed by atoms with E-state index in [4.69, 9.17) is 0 Å². The van der Waals surface area contributed by atoms with Crippen LogP contribution in [0.25, 0.3) is 11.5 Å². The van der Waals surface area contributed by atoms with Crippen LogP contribution in [0.4, 0.5) is 0 Å². The highest BCUT2D eigenvalue weighted by Gasteiger charge is 2.22. The van der Waals surface area contributed by atoms with Crippen LogP contribution in [0.2, 0.25) is 0 Å². The molecule has 0 fully saturated rings. The first-order valence-corrected chi connectivity index (χ1v) is 8.83. The fourth-order valence-corrected chi connectivity index (χ4v) is 4.17. The Bertz CT molecular complexity index is 1660. The highest BCUT2D eigenvalue weighted by Crippen LogP contribution is 2.15. The molecular formula is C21H16O7. The Morgan fingerprint density at radius 3 is 1.89 bits per heavy atom. The van der Waals surface area contributed by atoms with E-state index in [0.29, 0.717) is 5.56 Å². The third-order valence-corrected chi connectivity index (χ3v) is 5.45. The van der Waals surface area contributed by atoms with Gasteiger partial charge in [0.2, 0.25) is 5.43 Å². The standard InChI is InChI=1S/C21H16O7/c1-3-8-18(25)13-10(23)5-4-9(22)12-7(2)6-11(24)14-15(12)21(28)16(13)17(19(8)26)20(14)27/h6,22-23,26H,3-5H2,1-2H3/b12-9+,13-10-. The van der Waals surface area contributed by atoms with Crippen LogP contribution in [0.15, 0.2) is 25.2 Å². The second kappa shape index (κ2) is 5.76. The van der Waals surface area contributed by atoms with Gasteiger partial charge in [0.1, 0.15) is 17.3 Å². The average molecular weight is 380 g/mol. The summed E-state index contributed by atoms with van der Waals surface area (Å²) in [4.78, 5) is 51.9. The summed E-state index contributed by atoms with van der Waals surface area (Å²) in [6, 6.07) is 1.16. The Balaban J connectivity index is 2.74. The molecule has 3 N–H and O–H groups in total. The van der Waals surface area contributed by atoms with Crippen LogP contribution < -0.4 is 32.2 Å². The first-order chi connectivity index (χ1) is 13.2. The number of rotatable bonds is 1. The molecule has 28 heavy (non-hydrogen) atoms. The van der Waals surface area contributed by atoms with Gasteiger partial charge in [-0.15, -0.1) is 0 Å². The zero-order valence-corrected chi connectivity index (χ0v) is 15.2. The normalized spacial score (nSPS) is 17.9. The fourth-order valence-electron chi connectivity index (χ4n) is 4.17. The third kappa shape index (κ3) is 2.04. The van der Waals surface area contributed by atoms with Crippen LogP contribution >= 0.6 is 0 Å². The van der Waals surface area contributed by atoms with Gasteiger partial charge in [-0.05, 0) is 25.0 Å². The van der Waals surface area contributed by atoms with Crippen LogP contribution in [0, 0.1) is 27.8 Å². The van der Waals surface area contributed by atoms with Crippen molar-refractivity contribution in [2.24, 2.45) is 0 Å². The summed E-state index contributed by atoms with van der Waals surface area (Å²) in [7, 11) is 0. The van der Waals surface area contributed by atoms with E-state index < -0.39 is 48.9 Å². The highest BCUT2D eigenvalue weighted by molar-refractivity contribution is 5.50. The van der Waals surface area contributed by atoms with Gasteiger partial charge in [0.05, 0.1) is 20.9 Å². The van der Waals surface area contributed by atoms with Crippen LogP contribution in [0.3, 0.4) is 0 Å². The Morgan fingerprint density at radius 2 is 1.29 bits per heavy atom. The molecule has 7 nitrogen and oxygen atoms in total. The molecule has 0 aromatic carbocycles. The van der Waals surface area contributed by atoms with Crippen LogP contribution in [-0.2, 0) is 6.42 Å². The summed E-state index contributed by atoms with van der Waals surface area (Å²) >= 11 is 0. The molecule has 0 aromatic rings. The molecule has 4 aliphatic carbocycles. The summed E-state index contributed by atoms with van der Waals surface area (Å²) in [5, 5.41) is 29.8. The van der Waals surface area contributed by atoms with Gasteiger partial charge >= 0.3 is 0 Å². The fraction of sp³-hybridized carbons (Fsp3) is 0.238. The molecule has 0 saturated heterocycles. The first kappa shape index (κ1) is 17.9. The van der Waals surface area contributed by atoms with E-state index in [-0.39, 0.29) is 46.2 Å². The average Bonchev–Trinajstić information content (AvgIpc) is 2.65. The van der Waals surface area contributed by atoms with Crippen molar-refractivity contribution in [1.29, 1.82) is 0 Å². The minimum absolute atomic E-state index is 0.0609. The van der Waals surface area contributed by atoms with Crippen molar-refractivity contribution in [1.82, 2.24) is 0 Å². The second-order valence-corrected chi connectivity index (χ2v) is 7.00. The van der Waals surface area contributed by atoms with Crippen molar-refractivity contribution in [3.63, 3.8) is 0 Å². The summed E-state index contributed by atoms with van der Waals surface area (Å²) in [6.45, 7) is 3.12. The van der Waals surface area contributed by atoms with E-state index in [9.17, 15) is 34.5 Å². The van der Waals surface area contributed by atoms with Crippen molar-refractivity contribution in [2.45, 2.75) is 33.1 Å². The molecule has 2 bridgehead atoms. The van der Waals surface area contributed by atoms with Gasteiger partial charge in [-0.2, -0.15) is 0 Å². The predicted molar refractivity (Wildman–Crippen MR) is 101 cm³/mol. The number of aliphatic hydroxyl groups is 2. The minimum atomic E-state index is -0.896. The predicted octanol–water partition coefficient (Wildman–Crippen LogP) is -0.845. The summed E-state index contributed by atoms with van der Waals surface area (Å²) in [5.74, 6) is -1.35.